The molecule has 8 heteroatoms. The smallest absolute Gasteiger partial charge is 0.258 e. The first-order chi connectivity index (χ1) is 11.7. The summed E-state index contributed by atoms with van der Waals surface area (Å²) in [5.74, 6) is 0.551. The highest BCUT2D eigenvalue weighted by Gasteiger charge is 2.14. The number of ether oxygens (including phenoxy) is 1. The van der Waals surface area contributed by atoms with Gasteiger partial charge in [0, 0.05) is 23.3 Å². The van der Waals surface area contributed by atoms with Crippen LogP contribution >= 0.6 is 11.3 Å². The molecule has 0 amide bonds. The van der Waals surface area contributed by atoms with E-state index in [0.717, 1.165) is 22.0 Å². The fraction of sp³-hybridized carbons (Fsp3) is 0.125. The summed E-state index contributed by atoms with van der Waals surface area (Å²) in [5, 5.41) is 7.68. The maximum Gasteiger partial charge on any atom is 0.258 e. The first-order valence-corrected chi connectivity index (χ1v) is 8.07. The molecule has 1 N–H and O–H groups in total. The Morgan fingerprint density at radius 1 is 1.29 bits per heavy atom. The summed E-state index contributed by atoms with van der Waals surface area (Å²) in [7, 11) is 1.56. The lowest BCUT2D eigenvalue weighted by molar-refractivity contribution is 0.419. The number of H-pyrrole nitrogens is 1. The summed E-state index contributed by atoms with van der Waals surface area (Å²) in [6.45, 7) is 1.92. The van der Waals surface area contributed by atoms with E-state index in [0.29, 0.717) is 16.7 Å². The Morgan fingerprint density at radius 3 is 2.92 bits per heavy atom. The monoisotopic (exact) mass is 339 g/mol. The molecular formula is C16H13N5O2S. The average molecular weight is 339 g/mol. The molecule has 0 fully saturated rings. The van der Waals surface area contributed by atoms with Gasteiger partial charge in [-0.25, -0.2) is 14.6 Å². The molecule has 0 atom stereocenters. The number of thiazole rings is 1. The minimum atomic E-state index is -0.204. The number of aromatic amines is 1. The highest BCUT2D eigenvalue weighted by Crippen LogP contribution is 2.31. The minimum Gasteiger partial charge on any atom is -0.494 e. The van der Waals surface area contributed by atoms with Crippen molar-refractivity contribution in [2.45, 2.75) is 6.92 Å². The standard InChI is InChI=1S/C16H13N5O2S/c1-9-12(7-21(20-9)16-17-3-4-24-16)10-5-11-14(13(6-10)23-2)18-8-19-15(11)22/h3-8H,1-2H3,(H,18,19,22). The number of benzene rings is 1. The van der Waals surface area contributed by atoms with Crippen LogP contribution in [0.3, 0.4) is 0 Å². The third-order valence-electron chi connectivity index (χ3n) is 3.75. The van der Waals surface area contributed by atoms with E-state index in [1.165, 1.54) is 17.7 Å². The van der Waals surface area contributed by atoms with Gasteiger partial charge in [0.15, 0.2) is 0 Å². The van der Waals surface area contributed by atoms with Crippen LogP contribution in [0.4, 0.5) is 0 Å². The second kappa shape index (κ2) is 5.57. The normalized spacial score (nSPS) is 11.1. The molecule has 0 bridgehead atoms. The van der Waals surface area contributed by atoms with E-state index >= 15 is 0 Å². The summed E-state index contributed by atoms with van der Waals surface area (Å²) in [5.41, 5.74) is 2.93. The molecule has 0 radical (unpaired) electrons. The third kappa shape index (κ3) is 2.28. The van der Waals surface area contributed by atoms with E-state index in [-0.39, 0.29) is 5.56 Å². The minimum absolute atomic E-state index is 0.204. The van der Waals surface area contributed by atoms with Crippen molar-refractivity contribution in [2.75, 3.05) is 7.11 Å². The quantitative estimate of drug-likeness (QED) is 0.620. The lowest BCUT2D eigenvalue weighted by Gasteiger charge is -2.07. The molecule has 7 nitrogen and oxygen atoms in total. The fourth-order valence-electron chi connectivity index (χ4n) is 2.63. The molecule has 0 aliphatic rings. The molecule has 0 aliphatic heterocycles. The fourth-order valence-corrected chi connectivity index (χ4v) is 3.20. The average Bonchev–Trinajstić information content (AvgIpc) is 3.24. The molecule has 0 saturated carbocycles. The van der Waals surface area contributed by atoms with E-state index in [9.17, 15) is 4.79 Å². The third-order valence-corrected chi connectivity index (χ3v) is 4.52. The van der Waals surface area contributed by atoms with Crippen molar-refractivity contribution in [2.24, 2.45) is 0 Å². The Labute approximate surface area is 140 Å². The molecule has 0 unspecified atom stereocenters. The van der Waals surface area contributed by atoms with Crippen molar-refractivity contribution in [1.29, 1.82) is 0 Å². The first kappa shape index (κ1) is 14.6. The van der Waals surface area contributed by atoms with Gasteiger partial charge in [-0.15, -0.1) is 11.3 Å². The van der Waals surface area contributed by atoms with E-state index in [2.05, 4.69) is 20.1 Å². The van der Waals surface area contributed by atoms with Crippen molar-refractivity contribution in [1.82, 2.24) is 24.7 Å². The molecule has 120 valence electrons. The van der Waals surface area contributed by atoms with Gasteiger partial charge >= 0.3 is 0 Å². The van der Waals surface area contributed by atoms with E-state index in [4.69, 9.17) is 4.74 Å². The van der Waals surface area contributed by atoms with Crippen molar-refractivity contribution < 1.29 is 4.74 Å². The molecule has 24 heavy (non-hydrogen) atoms. The van der Waals surface area contributed by atoms with E-state index in [1.54, 1.807) is 24.1 Å². The second-order valence-corrected chi connectivity index (χ2v) is 6.07. The molecule has 3 aromatic heterocycles. The van der Waals surface area contributed by atoms with Gasteiger partial charge in [-0.1, -0.05) is 0 Å². The van der Waals surface area contributed by atoms with Gasteiger partial charge in [0.05, 0.1) is 24.5 Å². The SMILES string of the molecule is COc1cc(-c2cn(-c3nccs3)nc2C)cc2c(=O)[nH]cnc12. The number of hydrogen-bond donors (Lipinski definition) is 1. The molecule has 3 heterocycles. The van der Waals surface area contributed by atoms with Crippen molar-refractivity contribution in [3.63, 3.8) is 0 Å². The lowest BCUT2D eigenvalue weighted by atomic mass is 10.0. The van der Waals surface area contributed by atoms with Crippen LogP contribution in [-0.4, -0.2) is 31.8 Å². The predicted molar refractivity (Wildman–Crippen MR) is 91.9 cm³/mol. The van der Waals surface area contributed by atoms with Crippen molar-refractivity contribution in [3.8, 4) is 22.0 Å². The number of fused-ring (bicyclic) bond motifs is 1. The summed E-state index contributed by atoms with van der Waals surface area (Å²) in [4.78, 5) is 23.2. The van der Waals surface area contributed by atoms with Gasteiger partial charge in [0.2, 0.25) is 5.13 Å². The van der Waals surface area contributed by atoms with Gasteiger partial charge < -0.3 is 9.72 Å². The summed E-state index contributed by atoms with van der Waals surface area (Å²) >= 11 is 1.51. The topological polar surface area (TPSA) is 85.7 Å². The second-order valence-electron chi connectivity index (χ2n) is 5.19. The van der Waals surface area contributed by atoms with E-state index < -0.39 is 0 Å². The van der Waals surface area contributed by atoms with Crippen LogP contribution in [0.2, 0.25) is 0 Å². The van der Waals surface area contributed by atoms with Crippen LogP contribution in [0.25, 0.3) is 27.2 Å². The number of aryl methyl sites for hydroxylation is 1. The summed E-state index contributed by atoms with van der Waals surface area (Å²) in [6, 6.07) is 3.67. The maximum absolute atomic E-state index is 12.1. The number of rotatable bonds is 3. The molecule has 4 rings (SSSR count). The lowest BCUT2D eigenvalue weighted by Crippen LogP contribution is -2.07. The zero-order chi connectivity index (χ0) is 16.7. The zero-order valence-corrected chi connectivity index (χ0v) is 13.8. The van der Waals surface area contributed by atoms with E-state index in [1.807, 2.05) is 24.6 Å². The molecule has 0 spiro atoms. The van der Waals surface area contributed by atoms with Crippen molar-refractivity contribution >= 4 is 22.2 Å². The molecule has 1 aromatic carbocycles. The number of nitrogens with zero attached hydrogens (tertiary/aromatic N) is 4. The number of aromatic nitrogens is 5. The van der Waals surface area contributed by atoms with Crippen LogP contribution in [0.15, 0.2) is 41.0 Å². The van der Waals surface area contributed by atoms with Crippen LogP contribution in [-0.2, 0) is 0 Å². The number of hydrogen-bond acceptors (Lipinski definition) is 6. The van der Waals surface area contributed by atoms with Gasteiger partial charge in [-0.05, 0) is 24.6 Å². The molecule has 0 saturated heterocycles. The Kier molecular flexibility index (Phi) is 3.39. The summed E-state index contributed by atoms with van der Waals surface area (Å²) in [6.07, 6.45) is 5.01. The highest BCUT2D eigenvalue weighted by molar-refractivity contribution is 7.12. The number of nitrogens with one attached hydrogen (secondary N) is 1. The Balaban J connectivity index is 1.94. The van der Waals surface area contributed by atoms with Gasteiger partial charge in [-0.3, -0.25) is 4.79 Å². The van der Waals surface area contributed by atoms with Crippen molar-refractivity contribution in [3.05, 3.63) is 52.3 Å². The predicted octanol–water partition coefficient (Wildman–Crippen LogP) is 2.55. The Morgan fingerprint density at radius 2 is 2.17 bits per heavy atom. The Hall–Kier alpha value is -3.00. The largest absolute Gasteiger partial charge is 0.494 e. The molecular weight excluding hydrogens is 326 g/mol. The summed E-state index contributed by atoms with van der Waals surface area (Å²) < 4.78 is 7.15. The van der Waals surface area contributed by atoms with Gasteiger partial charge in [-0.2, -0.15) is 5.10 Å². The van der Waals surface area contributed by atoms with Crippen LogP contribution < -0.4 is 10.3 Å². The first-order valence-electron chi connectivity index (χ1n) is 7.19. The van der Waals surface area contributed by atoms with Gasteiger partial charge in [0.1, 0.15) is 11.3 Å². The Bertz CT molecular complexity index is 1080. The molecule has 4 aromatic rings. The number of methoxy groups -OCH3 is 1. The molecule has 0 aliphatic carbocycles. The highest BCUT2D eigenvalue weighted by atomic mass is 32.1. The van der Waals surface area contributed by atoms with Crippen LogP contribution in [0, 0.1) is 6.92 Å². The van der Waals surface area contributed by atoms with Crippen LogP contribution in [0.1, 0.15) is 5.69 Å². The van der Waals surface area contributed by atoms with Gasteiger partial charge in [0.25, 0.3) is 5.56 Å². The maximum atomic E-state index is 12.1. The zero-order valence-electron chi connectivity index (χ0n) is 13.0. The van der Waals surface area contributed by atoms with Crippen LogP contribution in [0.5, 0.6) is 5.75 Å².